The van der Waals surface area contributed by atoms with E-state index >= 15 is 0 Å². The number of halogens is 1. The van der Waals surface area contributed by atoms with Crippen molar-refractivity contribution in [1.82, 2.24) is 0 Å². The van der Waals surface area contributed by atoms with Crippen LogP contribution in [0.4, 0.5) is 0 Å². The molecule has 1 aromatic carbocycles. The SMILES string of the molecule is CC(C)C(=NO)c1ccc(Cl)cc1. The third kappa shape index (κ3) is 2.46. The molecule has 70 valence electrons. The van der Waals surface area contributed by atoms with Crippen molar-refractivity contribution >= 4 is 17.3 Å². The van der Waals surface area contributed by atoms with Gasteiger partial charge < -0.3 is 5.21 Å². The third-order valence-electron chi connectivity index (χ3n) is 1.79. The Morgan fingerprint density at radius 3 is 2.23 bits per heavy atom. The van der Waals surface area contributed by atoms with Crippen LogP contribution < -0.4 is 0 Å². The Labute approximate surface area is 82.8 Å². The molecule has 1 aromatic rings. The largest absolute Gasteiger partial charge is 0.411 e. The van der Waals surface area contributed by atoms with Crippen LogP contribution in [-0.2, 0) is 0 Å². The molecule has 0 radical (unpaired) electrons. The molecule has 1 N–H and O–H groups in total. The minimum absolute atomic E-state index is 0.200. The predicted molar refractivity (Wildman–Crippen MR) is 54.6 cm³/mol. The molecule has 0 unspecified atom stereocenters. The summed E-state index contributed by atoms with van der Waals surface area (Å²) in [5, 5.41) is 12.7. The Hall–Kier alpha value is -1.02. The maximum Gasteiger partial charge on any atom is 0.0893 e. The van der Waals surface area contributed by atoms with Gasteiger partial charge >= 0.3 is 0 Å². The Kier molecular flexibility index (Phi) is 3.32. The van der Waals surface area contributed by atoms with Crippen molar-refractivity contribution in [3.63, 3.8) is 0 Å². The number of nitrogens with zero attached hydrogens (tertiary/aromatic N) is 1. The second-order valence-corrected chi connectivity index (χ2v) is 3.58. The highest BCUT2D eigenvalue weighted by Gasteiger charge is 2.08. The van der Waals surface area contributed by atoms with Gasteiger partial charge in [0.2, 0.25) is 0 Å². The normalized spacial score (nSPS) is 12.2. The van der Waals surface area contributed by atoms with E-state index in [4.69, 9.17) is 16.8 Å². The summed E-state index contributed by atoms with van der Waals surface area (Å²) in [5.41, 5.74) is 1.58. The summed E-state index contributed by atoms with van der Waals surface area (Å²) in [6, 6.07) is 7.25. The molecule has 3 heteroatoms. The maximum absolute atomic E-state index is 8.77. The van der Waals surface area contributed by atoms with Gasteiger partial charge in [0.05, 0.1) is 5.71 Å². The van der Waals surface area contributed by atoms with Crippen molar-refractivity contribution in [3.05, 3.63) is 34.9 Å². The van der Waals surface area contributed by atoms with Gasteiger partial charge in [0.25, 0.3) is 0 Å². The van der Waals surface area contributed by atoms with Gasteiger partial charge in [-0.25, -0.2) is 0 Å². The summed E-state index contributed by atoms with van der Waals surface area (Å²) in [4.78, 5) is 0. The van der Waals surface area contributed by atoms with E-state index in [0.29, 0.717) is 10.7 Å². The van der Waals surface area contributed by atoms with E-state index in [9.17, 15) is 0 Å². The van der Waals surface area contributed by atoms with Gasteiger partial charge in [-0.15, -0.1) is 0 Å². The van der Waals surface area contributed by atoms with E-state index in [-0.39, 0.29) is 5.92 Å². The van der Waals surface area contributed by atoms with E-state index < -0.39 is 0 Å². The van der Waals surface area contributed by atoms with Gasteiger partial charge in [-0.05, 0) is 23.6 Å². The molecule has 0 aliphatic carbocycles. The molecule has 1 rings (SSSR count). The quantitative estimate of drug-likeness (QED) is 0.441. The second kappa shape index (κ2) is 4.28. The first-order valence-corrected chi connectivity index (χ1v) is 4.51. The van der Waals surface area contributed by atoms with Gasteiger partial charge in [-0.3, -0.25) is 0 Å². The molecule has 0 aliphatic heterocycles. The zero-order valence-electron chi connectivity index (χ0n) is 7.66. The summed E-state index contributed by atoms with van der Waals surface area (Å²) >= 11 is 5.74. The van der Waals surface area contributed by atoms with Crippen LogP contribution >= 0.6 is 11.6 Å². The fraction of sp³-hybridized carbons (Fsp3) is 0.300. The van der Waals surface area contributed by atoms with Gasteiger partial charge in [0, 0.05) is 5.02 Å². The Balaban J connectivity index is 3.00. The Morgan fingerprint density at radius 1 is 1.31 bits per heavy atom. The van der Waals surface area contributed by atoms with Crippen LogP contribution in [-0.4, -0.2) is 10.9 Å². The lowest BCUT2D eigenvalue weighted by Gasteiger charge is -2.07. The standard InChI is InChI=1S/C10H12ClNO/c1-7(2)10(12-13)8-3-5-9(11)6-4-8/h3-7,13H,1-2H3. The Bertz CT molecular complexity index is 303. The van der Waals surface area contributed by atoms with Gasteiger partial charge in [-0.1, -0.05) is 42.7 Å². The zero-order chi connectivity index (χ0) is 9.84. The molecular formula is C10H12ClNO. The number of hydrogen-bond donors (Lipinski definition) is 1. The van der Waals surface area contributed by atoms with Crippen LogP contribution in [0.15, 0.2) is 29.4 Å². The van der Waals surface area contributed by atoms with E-state index in [0.717, 1.165) is 5.56 Å². The molecule has 0 aromatic heterocycles. The lowest BCUT2D eigenvalue weighted by molar-refractivity contribution is 0.316. The number of oxime groups is 1. The highest BCUT2D eigenvalue weighted by atomic mass is 35.5. The summed E-state index contributed by atoms with van der Waals surface area (Å²) in [6.45, 7) is 3.95. The molecule has 0 aliphatic rings. The van der Waals surface area contributed by atoms with Crippen LogP contribution in [0.25, 0.3) is 0 Å². The van der Waals surface area contributed by atoms with Crippen LogP contribution in [0, 0.1) is 5.92 Å². The molecule has 0 amide bonds. The minimum Gasteiger partial charge on any atom is -0.411 e. The summed E-state index contributed by atoms with van der Waals surface area (Å²) < 4.78 is 0. The number of rotatable bonds is 2. The monoisotopic (exact) mass is 197 g/mol. The highest BCUT2D eigenvalue weighted by molar-refractivity contribution is 6.30. The molecule has 0 saturated heterocycles. The predicted octanol–water partition coefficient (Wildman–Crippen LogP) is 3.17. The average Bonchev–Trinajstić information content (AvgIpc) is 2.09. The first-order valence-electron chi connectivity index (χ1n) is 4.13. The highest BCUT2D eigenvalue weighted by Crippen LogP contribution is 2.13. The van der Waals surface area contributed by atoms with Crippen molar-refractivity contribution in [3.8, 4) is 0 Å². The van der Waals surface area contributed by atoms with Crippen molar-refractivity contribution in [2.24, 2.45) is 11.1 Å². The number of benzene rings is 1. The maximum atomic E-state index is 8.77. The van der Waals surface area contributed by atoms with Gasteiger partial charge in [0.15, 0.2) is 0 Å². The molecule has 0 atom stereocenters. The molecule has 0 fully saturated rings. The summed E-state index contributed by atoms with van der Waals surface area (Å²) in [5.74, 6) is 0.200. The first kappa shape index (κ1) is 10.1. The summed E-state index contributed by atoms with van der Waals surface area (Å²) in [6.07, 6.45) is 0. The van der Waals surface area contributed by atoms with Crippen LogP contribution in [0.1, 0.15) is 19.4 Å². The van der Waals surface area contributed by atoms with Crippen LogP contribution in [0.3, 0.4) is 0 Å². The van der Waals surface area contributed by atoms with Crippen molar-refractivity contribution in [1.29, 1.82) is 0 Å². The van der Waals surface area contributed by atoms with Crippen molar-refractivity contribution in [2.75, 3.05) is 0 Å². The van der Waals surface area contributed by atoms with Gasteiger partial charge in [0.1, 0.15) is 0 Å². The molecule has 2 nitrogen and oxygen atoms in total. The van der Waals surface area contributed by atoms with E-state index in [1.165, 1.54) is 0 Å². The molecule has 0 saturated carbocycles. The van der Waals surface area contributed by atoms with E-state index in [2.05, 4.69) is 5.16 Å². The lowest BCUT2D eigenvalue weighted by Crippen LogP contribution is -2.08. The average molecular weight is 198 g/mol. The van der Waals surface area contributed by atoms with Gasteiger partial charge in [-0.2, -0.15) is 0 Å². The van der Waals surface area contributed by atoms with Crippen molar-refractivity contribution in [2.45, 2.75) is 13.8 Å². The minimum atomic E-state index is 0.200. The molecule has 13 heavy (non-hydrogen) atoms. The summed E-state index contributed by atoms with van der Waals surface area (Å²) in [7, 11) is 0. The third-order valence-corrected chi connectivity index (χ3v) is 2.05. The second-order valence-electron chi connectivity index (χ2n) is 3.15. The fourth-order valence-corrected chi connectivity index (χ4v) is 1.25. The zero-order valence-corrected chi connectivity index (χ0v) is 8.42. The topological polar surface area (TPSA) is 32.6 Å². The lowest BCUT2D eigenvalue weighted by atomic mass is 10.0. The smallest absolute Gasteiger partial charge is 0.0893 e. The molecule has 0 heterocycles. The molecular weight excluding hydrogens is 186 g/mol. The number of hydrogen-bond acceptors (Lipinski definition) is 2. The molecule has 0 bridgehead atoms. The fourth-order valence-electron chi connectivity index (χ4n) is 1.13. The van der Waals surface area contributed by atoms with Crippen LogP contribution in [0.5, 0.6) is 0 Å². The van der Waals surface area contributed by atoms with Crippen LogP contribution in [0.2, 0.25) is 5.02 Å². The first-order chi connectivity index (χ1) is 6.15. The Morgan fingerprint density at radius 2 is 1.85 bits per heavy atom. The van der Waals surface area contributed by atoms with Crippen molar-refractivity contribution < 1.29 is 5.21 Å². The molecule has 0 spiro atoms. The van der Waals surface area contributed by atoms with E-state index in [1.807, 2.05) is 26.0 Å². The van der Waals surface area contributed by atoms with E-state index in [1.54, 1.807) is 12.1 Å².